The molecular weight excluding hydrogens is 412 g/mol. The molecule has 0 aliphatic carbocycles. The van der Waals surface area contributed by atoms with Crippen molar-refractivity contribution in [1.82, 2.24) is 9.97 Å². The standard InChI is InChI=1S/C23H24N4O5/c1-30-19-5-2-15(3-6-19)22-26-18(13-31-22)14-32-23(29)16-8-10-27(11-9-16)20-7-4-17(12-25-20)21(24)28/h2-7,12-13,16H,8-11,14H2,1H3,(H2,24,28). The number of nitrogens with two attached hydrogens (primary N) is 1. The van der Waals surface area contributed by atoms with Crippen molar-refractivity contribution in [3.8, 4) is 17.2 Å². The molecule has 4 rings (SSSR count). The second kappa shape index (κ2) is 9.51. The van der Waals surface area contributed by atoms with Crippen molar-refractivity contribution >= 4 is 17.7 Å². The molecule has 166 valence electrons. The van der Waals surface area contributed by atoms with Crippen molar-refractivity contribution in [2.45, 2.75) is 19.4 Å². The summed E-state index contributed by atoms with van der Waals surface area (Å²) in [7, 11) is 1.61. The van der Waals surface area contributed by atoms with E-state index in [0.717, 1.165) is 17.1 Å². The fourth-order valence-corrected chi connectivity index (χ4v) is 3.57. The number of rotatable bonds is 7. The van der Waals surface area contributed by atoms with Crippen LogP contribution in [0.1, 0.15) is 28.9 Å². The molecule has 1 amide bonds. The van der Waals surface area contributed by atoms with Crippen LogP contribution >= 0.6 is 0 Å². The lowest BCUT2D eigenvalue weighted by Crippen LogP contribution is -2.37. The Hall–Kier alpha value is -3.88. The highest BCUT2D eigenvalue weighted by Crippen LogP contribution is 2.24. The van der Waals surface area contributed by atoms with Crippen molar-refractivity contribution in [2.24, 2.45) is 11.7 Å². The molecule has 9 nitrogen and oxygen atoms in total. The minimum Gasteiger partial charge on any atom is -0.497 e. The molecule has 1 saturated heterocycles. The number of anilines is 1. The maximum Gasteiger partial charge on any atom is 0.309 e. The van der Waals surface area contributed by atoms with Gasteiger partial charge in [-0.2, -0.15) is 0 Å². The van der Waals surface area contributed by atoms with Crippen molar-refractivity contribution in [3.63, 3.8) is 0 Å². The number of nitrogens with zero attached hydrogens (tertiary/aromatic N) is 3. The van der Waals surface area contributed by atoms with Crippen LogP contribution in [0.2, 0.25) is 0 Å². The topological polar surface area (TPSA) is 121 Å². The molecule has 0 spiro atoms. The van der Waals surface area contributed by atoms with Gasteiger partial charge >= 0.3 is 5.97 Å². The van der Waals surface area contributed by atoms with E-state index in [1.54, 1.807) is 19.2 Å². The molecule has 0 bridgehead atoms. The molecule has 0 radical (unpaired) electrons. The lowest BCUT2D eigenvalue weighted by molar-refractivity contribution is -0.150. The molecule has 1 fully saturated rings. The van der Waals surface area contributed by atoms with E-state index in [0.29, 0.717) is 43.1 Å². The second-order valence-corrected chi connectivity index (χ2v) is 7.51. The van der Waals surface area contributed by atoms with E-state index < -0.39 is 5.91 Å². The zero-order chi connectivity index (χ0) is 22.5. The first-order valence-corrected chi connectivity index (χ1v) is 10.3. The van der Waals surface area contributed by atoms with Gasteiger partial charge in [-0.15, -0.1) is 0 Å². The van der Waals surface area contributed by atoms with E-state index in [-0.39, 0.29) is 18.5 Å². The third-order valence-corrected chi connectivity index (χ3v) is 5.44. The Bertz CT molecular complexity index is 1070. The number of benzene rings is 1. The molecule has 32 heavy (non-hydrogen) atoms. The van der Waals surface area contributed by atoms with E-state index in [1.807, 2.05) is 24.3 Å². The Morgan fingerprint density at radius 3 is 2.53 bits per heavy atom. The highest BCUT2D eigenvalue weighted by atomic mass is 16.5. The SMILES string of the molecule is COc1ccc(-c2nc(COC(=O)C3CCN(c4ccc(C(N)=O)cn4)CC3)co2)cc1. The quantitative estimate of drug-likeness (QED) is 0.561. The highest BCUT2D eigenvalue weighted by Gasteiger charge is 2.27. The van der Waals surface area contributed by atoms with Gasteiger partial charge in [-0.3, -0.25) is 9.59 Å². The monoisotopic (exact) mass is 436 g/mol. The number of ether oxygens (including phenoxy) is 2. The number of oxazole rings is 1. The van der Waals surface area contributed by atoms with Gasteiger partial charge in [-0.25, -0.2) is 9.97 Å². The summed E-state index contributed by atoms with van der Waals surface area (Å²) < 4.78 is 16.1. The van der Waals surface area contributed by atoms with Crippen molar-refractivity contribution < 1.29 is 23.5 Å². The minimum atomic E-state index is -0.506. The number of hydrogen-bond acceptors (Lipinski definition) is 8. The molecule has 1 aromatic carbocycles. The first-order valence-electron chi connectivity index (χ1n) is 10.3. The van der Waals surface area contributed by atoms with Crippen LogP contribution in [0.3, 0.4) is 0 Å². The van der Waals surface area contributed by atoms with E-state index >= 15 is 0 Å². The van der Waals surface area contributed by atoms with E-state index in [2.05, 4.69) is 14.9 Å². The fourth-order valence-electron chi connectivity index (χ4n) is 3.57. The number of primary amides is 1. The predicted molar refractivity (Wildman–Crippen MR) is 116 cm³/mol. The van der Waals surface area contributed by atoms with Gasteiger partial charge in [0.15, 0.2) is 0 Å². The summed E-state index contributed by atoms with van der Waals surface area (Å²) in [5, 5.41) is 0. The van der Waals surface area contributed by atoms with Crippen LogP contribution in [-0.2, 0) is 16.1 Å². The third kappa shape index (κ3) is 4.88. The summed E-state index contributed by atoms with van der Waals surface area (Å²) in [6.07, 6.45) is 4.29. The first-order chi connectivity index (χ1) is 15.5. The van der Waals surface area contributed by atoms with Crippen molar-refractivity contribution in [3.05, 3.63) is 60.1 Å². The van der Waals surface area contributed by atoms with Crippen LogP contribution in [0, 0.1) is 5.92 Å². The molecule has 0 unspecified atom stereocenters. The van der Waals surface area contributed by atoms with Gasteiger partial charge in [0, 0.05) is 24.8 Å². The second-order valence-electron chi connectivity index (χ2n) is 7.51. The summed E-state index contributed by atoms with van der Waals surface area (Å²) in [6.45, 7) is 1.41. The molecule has 3 aromatic rings. The number of amides is 1. The molecule has 3 heterocycles. The molecule has 2 N–H and O–H groups in total. The van der Waals surface area contributed by atoms with Crippen molar-refractivity contribution in [2.75, 3.05) is 25.1 Å². The van der Waals surface area contributed by atoms with Gasteiger partial charge in [-0.1, -0.05) is 0 Å². The van der Waals surface area contributed by atoms with Gasteiger partial charge in [0.05, 0.1) is 18.6 Å². The average molecular weight is 436 g/mol. The zero-order valence-electron chi connectivity index (χ0n) is 17.7. The van der Waals surface area contributed by atoms with Crippen LogP contribution < -0.4 is 15.4 Å². The van der Waals surface area contributed by atoms with Gasteiger partial charge in [0.25, 0.3) is 0 Å². The van der Waals surface area contributed by atoms with Crippen molar-refractivity contribution in [1.29, 1.82) is 0 Å². The average Bonchev–Trinajstić information content (AvgIpc) is 3.32. The van der Waals surface area contributed by atoms with Crippen LogP contribution in [0.15, 0.2) is 53.3 Å². The Morgan fingerprint density at radius 2 is 1.91 bits per heavy atom. The Morgan fingerprint density at radius 1 is 1.16 bits per heavy atom. The highest BCUT2D eigenvalue weighted by molar-refractivity contribution is 5.92. The van der Waals surface area contributed by atoms with Crippen LogP contribution in [0.25, 0.3) is 11.5 Å². The van der Waals surface area contributed by atoms with Gasteiger partial charge in [0.2, 0.25) is 11.8 Å². The predicted octanol–water partition coefficient (Wildman–Crippen LogP) is 2.80. The molecule has 0 atom stereocenters. The molecule has 1 aliphatic heterocycles. The Kier molecular flexibility index (Phi) is 6.34. The number of methoxy groups -OCH3 is 1. The Labute approximate surface area is 185 Å². The largest absolute Gasteiger partial charge is 0.497 e. The van der Waals surface area contributed by atoms with E-state index in [9.17, 15) is 9.59 Å². The first kappa shape index (κ1) is 21.4. The van der Waals surface area contributed by atoms with E-state index in [4.69, 9.17) is 19.6 Å². The number of aromatic nitrogens is 2. The van der Waals surface area contributed by atoms with Crippen LogP contribution in [0.4, 0.5) is 5.82 Å². The molecule has 1 aliphatic rings. The summed E-state index contributed by atoms with van der Waals surface area (Å²) in [5.41, 5.74) is 6.99. The third-order valence-electron chi connectivity index (χ3n) is 5.44. The maximum absolute atomic E-state index is 12.5. The lowest BCUT2D eigenvalue weighted by Gasteiger charge is -2.31. The van der Waals surface area contributed by atoms with E-state index in [1.165, 1.54) is 12.5 Å². The Balaban J connectivity index is 1.26. The van der Waals surface area contributed by atoms with Gasteiger partial charge < -0.3 is 24.5 Å². The molecule has 2 aromatic heterocycles. The molecule has 0 saturated carbocycles. The smallest absolute Gasteiger partial charge is 0.309 e. The zero-order valence-corrected chi connectivity index (χ0v) is 17.7. The minimum absolute atomic E-state index is 0.0643. The number of piperidine rings is 1. The number of carbonyl (C=O) groups excluding carboxylic acids is 2. The number of esters is 1. The lowest BCUT2D eigenvalue weighted by atomic mass is 9.97. The molecular formula is C23H24N4O5. The molecule has 9 heteroatoms. The van der Waals surface area contributed by atoms with Crippen LogP contribution in [0.5, 0.6) is 5.75 Å². The number of hydrogen-bond donors (Lipinski definition) is 1. The fraction of sp³-hybridized carbons (Fsp3) is 0.304. The number of carbonyl (C=O) groups is 2. The van der Waals surface area contributed by atoms with Gasteiger partial charge in [0.1, 0.15) is 30.1 Å². The van der Waals surface area contributed by atoms with Crippen LogP contribution in [-0.4, -0.2) is 42.0 Å². The summed E-state index contributed by atoms with van der Waals surface area (Å²) in [4.78, 5) is 34.4. The normalized spacial score (nSPS) is 14.2. The summed E-state index contributed by atoms with van der Waals surface area (Å²) >= 11 is 0. The van der Waals surface area contributed by atoms with Gasteiger partial charge in [-0.05, 0) is 49.2 Å². The maximum atomic E-state index is 12.5. The summed E-state index contributed by atoms with van der Waals surface area (Å²) in [6, 6.07) is 10.8. The number of pyridine rings is 1. The summed E-state index contributed by atoms with van der Waals surface area (Å²) in [5.74, 6) is 1.05.